The quantitative estimate of drug-likeness (QED) is 0.477. The molecule has 1 atom stereocenters. The molecule has 0 bridgehead atoms. The van der Waals surface area contributed by atoms with Crippen molar-refractivity contribution in [3.05, 3.63) is 30.3 Å². The molecule has 0 nitrogen and oxygen atoms in total. The van der Waals surface area contributed by atoms with E-state index in [0.717, 1.165) is 0 Å². The standard InChI is InChI=1S/C16H30ClPSi2/c1-14(2)18(17,15-12-10-9-11-13-15)16(19(3,4)5)20(6,7)8/h9-14H,1-8H3. The summed E-state index contributed by atoms with van der Waals surface area (Å²) >= 11 is 7.48. The van der Waals surface area contributed by atoms with E-state index in [1.807, 2.05) is 0 Å². The van der Waals surface area contributed by atoms with Gasteiger partial charge in [-0.05, 0) is 11.0 Å². The Morgan fingerprint density at radius 3 is 1.60 bits per heavy atom. The fourth-order valence-corrected chi connectivity index (χ4v) is 29.4. The largest absolute Gasteiger partial charge is 0.0933 e. The summed E-state index contributed by atoms with van der Waals surface area (Å²) in [6.07, 6.45) is -1.73. The second-order valence-corrected chi connectivity index (χ2v) is 24.1. The second-order valence-electron chi connectivity index (χ2n) is 7.91. The van der Waals surface area contributed by atoms with Crippen LogP contribution in [0.5, 0.6) is 0 Å². The van der Waals surface area contributed by atoms with Gasteiger partial charge >= 0.3 is 0 Å². The van der Waals surface area contributed by atoms with Crippen LogP contribution in [0, 0.1) is 0 Å². The summed E-state index contributed by atoms with van der Waals surface area (Å²) in [5.41, 5.74) is 0.514. The Kier molecular flexibility index (Phi) is 5.63. The summed E-state index contributed by atoms with van der Waals surface area (Å²) in [6.45, 7) is 19.5. The van der Waals surface area contributed by atoms with E-state index in [9.17, 15) is 0 Å². The van der Waals surface area contributed by atoms with Gasteiger partial charge in [0, 0.05) is 6.24 Å². The minimum absolute atomic E-state index is 0.514. The van der Waals surface area contributed by atoms with Gasteiger partial charge in [-0.3, -0.25) is 0 Å². The van der Waals surface area contributed by atoms with Crippen molar-refractivity contribution in [1.29, 1.82) is 0 Å². The minimum Gasteiger partial charge on any atom is -0.0933 e. The molecule has 1 unspecified atom stereocenters. The van der Waals surface area contributed by atoms with Gasteiger partial charge < -0.3 is 0 Å². The van der Waals surface area contributed by atoms with Gasteiger partial charge in [0.1, 0.15) is 0 Å². The lowest BCUT2D eigenvalue weighted by Gasteiger charge is -2.41. The summed E-state index contributed by atoms with van der Waals surface area (Å²) in [4.78, 5) is 0. The van der Waals surface area contributed by atoms with E-state index in [-0.39, 0.29) is 0 Å². The first-order chi connectivity index (χ1) is 8.91. The SMILES string of the molecule is CC(C)P(Cl)(=C([Si](C)(C)C)[Si](C)(C)C)c1ccccc1. The van der Waals surface area contributed by atoms with Gasteiger partial charge in [-0.1, -0.05) is 99.2 Å². The fourth-order valence-electron chi connectivity index (χ4n) is 3.43. The average molecular weight is 345 g/mol. The van der Waals surface area contributed by atoms with Crippen LogP contribution in [0.15, 0.2) is 30.3 Å². The van der Waals surface area contributed by atoms with E-state index in [2.05, 4.69) is 83.5 Å². The van der Waals surface area contributed by atoms with Crippen LogP contribution in [0.4, 0.5) is 0 Å². The zero-order valence-electron chi connectivity index (χ0n) is 14.3. The highest BCUT2D eigenvalue weighted by Crippen LogP contribution is 2.60. The summed E-state index contributed by atoms with van der Waals surface area (Å²) in [5, 5.41) is 1.39. The van der Waals surface area contributed by atoms with Crippen LogP contribution in [0.25, 0.3) is 0 Å². The molecule has 0 aliphatic carbocycles. The van der Waals surface area contributed by atoms with Crippen molar-refractivity contribution >= 4 is 43.5 Å². The Morgan fingerprint density at radius 2 is 1.30 bits per heavy atom. The van der Waals surface area contributed by atoms with Gasteiger partial charge in [0.05, 0.1) is 16.1 Å². The van der Waals surface area contributed by atoms with Gasteiger partial charge in [-0.25, -0.2) is 0 Å². The normalized spacial score (nSPS) is 16.1. The van der Waals surface area contributed by atoms with Crippen LogP contribution < -0.4 is 5.30 Å². The van der Waals surface area contributed by atoms with E-state index >= 15 is 0 Å². The van der Waals surface area contributed by atoms with E-state index in [1.54, 1.807) is 4.54 Å². The molecular formula is C16H30ClPSi2. The summed E-state index contributed by atoms with van der Waals surface area (Å²) in [5.74, 6) is 0. The molecule has 1 rings (SSSR count). The first-order valence-electron chi connectivity index (χ1n) is 7.44. The monoisotopic (exact) mass is 344 g/mol. The van der Waals surface area contributed by atoms with Crippen LogP contribution in [0.1, 0.15) is 13.8 Å². The zero-order chi connectivity index (χ0) is 15.8. The van der Waals surface area contributed by atoms with Gasteiger partial charge in [-0.15, -0.1) is 0 Å². The van der Waals surface area contributed by atoms with Crippen molar-refractivity contribution in [2.45, 2.75) is 58.8 Å². The van der Waals surface area contributed by atoms with Gasteiger partial charge in [-0.2, -0.15) is 0 Å². The summed E-state index contributed by atoms with van der Waals surface area (Å²) < 4.78 is 1.79. The van der Waals surface area contributed by atoms with Crippen molar-refractivity contribution in [2.24, 2.45) is 0 Å². The molecule has 20 heavy (non-hydrogen) atoms. The molecule has 0 saturated carbocycles. The molecular weight excluding hydrogens is 315 g/mol. The zero-order valence-corrected chi connectivity index (χ0v) is 17.9. The van der Waals surface area contributed by atoms with Crippen molar-refractivity contribution in [1.82, 2.24) is 0 Å². The molecule has 114 valence electrons. The maximum atomic E-state index is 7.48. The average Bonchev–Trinajstić information content (AvgIpc) is 2.25. The Morgan fingerprint density at radius 1 is 0.900 bits per heavy atom. The molecule has 0 radical (unpaired) electrons. The molecule has 4 heteroatoms. The smallest absolute Gasteiger partial charge is 0.0701 e. The Bertz CT molecular complexity index is 492. The van der Waals surface area contributed by atoms with E-state index < -0.39 is 22.4 Å². The molecule has 0 heterocycles. The Hall–Kier alpha value is 0.244. The lowest BCUT2D eigenvalue weighted by Crippen LogP contribution is -2.51. The topological polar surface area (TPSA) is 0 Å². The number of hydrogen-bond donors (Lipinski definition) is 0. The molecule has 0 N–H and O–H groups in total. The molecule has 0 aliphatic rings. The third-order valence-electron chi connectivity index (χ3n) is 3.59. The second kappa shape index (κ2) is 6.16. The molecule has 0 saturated heterocycles. The molecule has 1 aromatic carbocycles. The number of hydrogen-bond acceptors (Lipinski definition) is 0. The van der Waals surface area contributed by atoms with E-state index in [0.29, 0.717) is 5.66 Å². The van der Waals surface area contributed by atoms with Gasteiger partial charge in [0.25, 0.3) is 0 Å². The van der Waals surface area contributed by atoms with Crippen LogP contribution in [0.3, 0.4) is 0 Å². The van der Waals surface area contributed by atoms with E-state index in [1.165, 1.54) is 5.30 Å². The maximum Gasteiger partial charge on any atom is 0.0701 e. The molecule has 0 spiro atoms. The number of halogens is 1. The third kappa shape index (κ3) is 3.71. The lowest BCUT2D eigenvalue weighted by atomic mass is 10.4. The number of benzene rings is 1. The van der Waals surface area contributed by atoms with Crippen molar-refractivity contribution in [2.75, 3.05) is 0 Å². The van der Waals surface area contributed by atoms with Gasteiger partial charge in [0.15, 0.2) is 0 Å². The van der Waals surface area contributed by atoms with Crippen LogP contribution in [-0.4, -0.2) is 26.3 Å². The third-order valence-corrected chi connectivity index (χ3v) is 23.3. The molecule has 0 aliphatic heterocycles. The van der Waals surface area contributed by atoms with Gasteiger partial charge in [0.2, 0.25) is 0 Å². The minimum atomic E-state index is -1.73. The van der Waals surface area contributed by atoms with Crippen LogP contribution in [-0.2, 0) is 0 Å². The van der Waals surface area contributed by atoms with Crippen molar-refractivity contribution < 1.29 is 0 Å². The first kappa shape index (κ1) is 18.3. The fraction of sp³-hybridized carbons (Fsp3) is 0.562. The number of rotatable bonds is 4. The predicted octanol–water partition coefficient (Wildman–Crippen LogP) is 5.82. The predicted molar refractivity (Wildman–Crippen MR) is 106 cm³/mol. The van der Waals surface area contributed by atoms with Crippen molar-refractivity contribution in [3.8, 4) is 0 Å². The molecule has 1 aromatic rings. The van der Waals surface area contributed by atoms with E-state index in [4.69, 9.17) is 11.2 Å². The molecule has 0 amide bonds. The Balaban J connectivity index is 3.86. The highest BCUT2D eigenvalue weighted by Gasteiger charge is 2.40. The Labute approximate surface area is 132 Å². The van der Waals surface area contributed by atoms with Crippen molar-refractivity contribution in [3.63, 3.8) is 0 Å². The highest BCUT2D eigenvalue weighted by atomic mass is 35.7. The maximum absolute atomic E-state index is 7.48. The molecule has 0 aromatic heterocycles. The lowest BCUT2D eigenvalue weighted by molar-refractivity contribution is 1.10. The molecule has 0 fully saturated rings. The first-order valence-corrected chi connectivity index (χ1v) is 17.2. The van der Waals surface area contributed by atoms with Crippen LogP contribution in [0.2, 0.25) is 39.3 Å². The van der Waals surface area contributed by atoms with Crippen LogP contribution >= 0.6 is 17.5 Å². The summed E-state index contributed by atoms with van der Waals surface area (Å²) in [6, 6.07) is 10.9. The summed E-state index contributed by atoms with van der Waals surface area (Å²) in [7, 11) is -2.81. The highest BCUT2D eigenvalue weighted by molar-refractivity contribution is 8.09.